The van der Waals surface area contributed by atoms with Crippen LogP contribution in [0.15, 0.2) is 24.3 Å². The smallest absolute Gasteiger partial charge is 0.410 e. The van der Waals surface area contributed by atoms with E-state index >= 15 is 0 Å². The van der Waals surface area contributed by atoms with Gasteiger partial charge in [-0.15, -0.1) is 0 Å². The molecule has 2 aliphatic carbocycles. The van der Waals surface area contributed by atoms with Crippen LogP contribution in [-0.2, 0) is 21.6 Å². The van der Waals surface area contributed by atoms with Gasteiger partial charge in [0.05, 0.1) is 16.7 Å². The van der Waals surface area contributed by atoms with E-state index in [2.05, 4.69) is 22.1 Å². The molecule has 2 aromatic rings. The fourth-order valence-corrected chi connectivity index (χ4v) is 5.11. The summed E-state index contributed by atoms with van der Waals surface area (Å²) in [4.78, 5) is 27.2. The molecule has 0 spiro atoms. The highest BCUT2D eigenvalue weighted by molar-refractivity contribution is 5.87. The highest BCUT2D eigenvalue weighted by Crippen LogP contribution is 2.52. The highest BCUT2D eigenvalue weighted by atomic mass is 16.6. The van der Waals surface area contributed by atoms with E-state index in [4.69, 9.17) is 9.84 Å². The molecule has 7 nitrogen and oxygen atoms in total. The van der Waals surface area contributed by atoms with E-state index in [0.29, 0.717) is 13.1 Å². The van der Waals surface area contributed by atoms with Gasteiger partial charge in [-0.1, -0.05) is 18.2 Å². The number of amides is 2. The standard InChI is InChI=1S/C25H34N4O3/c1-24(2,3)32-23(31)28-13-17-18(14-28)20(17)22(30)26-25(4,5)21-16-8-6-7-9-19(16)29(27-21)12-15-10-11-15/h6-9,15,17-18,20H,10-14H2,1-5H3,(H,26,30)/t17-,18+,20+. The van der Waals surface area contributed by atoms with Crippen molar-refractivity contribution >= 4 is 22.9 Å². The van der Waals surface area contributed by atoms with E-state index in [-0.39, 0.29) is 29.8 Å². The number of ether oxygens (including phenoxy) is 1. The Hall–Kier alpha value is -2.57. The van der Waals surface area contributed by atoms with Crippen molar-refractivity contribution in [1.29, 1.82) is 0 Å². The van der Waals surface area contributed by atoms with Gasteiger partial charge >= 0.3 is 6.09 Å². The molecule has 0 unspecified atom stereocenters. The number of piperidine rings is 1. The van der Waals surface area contributed by atoms with Crippen LogP contribution >= 0.6 is 0 Å². The minimum Gasteiger partial charge on any atom is -0.444 e. The van der Waals surface area contributed by atoms with Gasteiger partial charge in [0.2, 0.25) is 5.91 Å². The Kier molecular flexibility index (Phi) is 4.80. The molecule has 32 heavy (non-hydrogen) atoms. The lowest BCUT2D eigenvalue weighted by Gasteiger charge is -2.27. The van der Waals surface area contributed by atoms with Crippen LogP contribution in [0.1, 0.15) is 53.2 Å². The first-order chi connectivity index (χ1) is 15.0. The zero-order valence-corrected chi connectivity index (χ0v) is 19.7. The maximum absolute atomic E-state index is 13.2. The molecule has 1 N–H and O–H groups in total. The van der Waals surface area contributed by atoms with Crippen LogP contribution < -0.4 is 5.32 Å². The molecule has 1 aliphatic heterocycles. The maximum Gasteiger partial charge on any atom is 0.410 e. The molecule has 2 saturated carbocycles. The van der Waals surface area contributed by atoms with Crippen LogP contribution in [0, 0.1) is 23.7 Å². The first-order valence-electron chi connectivity index (χ1n) is 11.8. The number of likely N-dealkylation sites (tertiary alicyclic amines) is 1. The molecule has 0 radical (unpaired) electrons. The van der Waals surface area contributed by atoms with Crippen molar-refractivity contribution in [3.63, 3.8) is 0 Å². The van der Waals surface area contributed by atoms with Crippen LogP contribution in [0.2, 0.25) is 0 Å². The van der Waals surface area contributed by atoms with Gasteiger partial charge in [-0.25, -0.2) is 4.79 Å². The Balaban J connectivity index is 1.26. The Morgan fingerprint density at radius 2 is 1.75 bits per heavy atom. The average Bonchev–Trinajstić information content (AvgIpc) is 3.55. The van der Waals surface area contributed by atoms with E-state index in [0.717, 1.165) is 29.1 Å². The lowest BCUT2D eigenvalue weighted by Crippen LogP contribution is -2.44. The summed E-state index contributed by atoms with van der Waals surface area (Å²) in [7, 11) is 0. The largest absolute Gasteiger partial charge is 0.444 e. The molecule has 1 aromatic heterocycles. The van der Waals surface area contributed by atoms with Crippen LogP contribution in [-0.4, -0.2) is 45.4 Å². The summed E-state index contributed by atoms with van der Waals surface area (Å²) < 4.78 is 7.59. The van der Waals surface area contributed by atoms with E-state index in [1.165, 1.54) is 12.8 Å². The molecule has 5 rings (SSSR count). The fourth-order valence-electron chi connectivity index (χ4n) is 5.11. The summed E-state index contributed by atoms with van der Waals surface area (Å²) in [5.74, 6) is 1.20. The Labute approximate surface area is 189 Å². The predicted octanol–water partition coefficient (Wildman–Crippen LogP) is 3.91. The minimum atomic E-state index is -0.576. The predicted molar refractivity (Wildman–Crippen MR) is 122 cm³/mol. The summed E-state index contributed by atoms with van der Waals surface area (Å²) in [5.41, 5.74) is 0.972. The Morgan fingerprint density at radius 3 is 2.38 bits per heavy atom. The number of para-hydroxylation sites is 1. The number of nitrogens with zero attached hydrogens (tertiary/aromatic N) is 3. The number of hydrogen-bond acceptors (Lipinski definition) is 4. The number of rotatable bonds is 5. The lowest BCUT2D eigenvalue weighted by atomic mass is 9.96. The fraction of sp³-hybridized carbons (Fsp3) is 0.640. The quantitative estimate of drug-likeness (QED) is 0.768. The number of hydrogen-bond donors (Lipinski definition) is 1. The van der Waals surface area contributed by atoms with Crippen LogP contribution in [0.25, 0.3) is 10.9 Å². The van der Waals surface area contributed by atoms with Crippen molar-refractivity contribution in [2.75, 3.05) is 13.1 Å². The van der Waals surface area contributed by atoms with E-state index in [1.807, 2.05) is 46.8 Å². The third-order valence-corrected chi connectivity index (χ3v) is 6.96. The molecule has 3 atom stereocenters. The molecule has 1 aromatic carbocycles. The number of carbonyl (C=O) groups excluding carboxylic acids is 2. The Bertz CT molecular complexity index is 1050. The van der Waals surface area contributed by atoms with Gasteiger partial charge in [-0.2, -0.15) is 5.10 Å². The maximum atomic E-state index is 13.2. The van der Waals surface area contributed by atoms with E-state index in [9.17, 15) is 9.59 Å². The summed E-state index contributed by atoms with van der Waals surface area (Å²) in [6.07, 6.45) is 2.26. The van der Waals surface area contributed by atoms with Gasteiger partial charge in [0.15, 0.2) is 0 Å². The topological polar surface area (TPSA) is 76.5 Å². The van der Waals surface area contributed by atoms with Gasteiger partial charge in [0.1, 0.15) is 5.60 Å². The molecular formula is C25H34N4O3. The summed E-state index contributed by atoms with van der Waals surface area (Å²) >= 11 is 0. The molecule has 0 bridgehead atoms. The van der Waals surface area contributed by atoms with Crippen molar-refractivity contribution in [3.8, 4) is 0 Å². The van der Waals surface area contributed by atoms with Gasteiger partial charge in [0, 0.05) is 30.9 Å². The molecule has 3 fully saturated rings. The second kappa shape index (κ2) is 7.22. The molecule has 3 aliphatic rings. The van der Waals surface area contributed by atoms with Crippen molar-refractivity contribution in [2.24, 2.45) is 23.7 Å². The van der Waals surface area contributed by atoms with Crippen LogP contribution in [0.4, 0.5) is 4.79 Å². The van der Waals surface area contributed by atoms with Crippen molar-refractivity contribution in [2.45, 2.75) is 65.1 Å². The monoisotopic (exact) mass is 438 g/mol. The zero-order valence-electron chi connectivity index (χ0n) is 19.7. The van der Waals surface area contributed by atoms with Gasteiger partial charge in [-0.3, -0.25) is 9.48 Å². The summed E-state index contributed by atoms with van der Waals surface area (Å²) in [5, 5.41) is 9.32. The zero-order chi connectivity index (χ0) is 22.8. The van der Waals surface area contributed by atoms with Gasteiger partial charge < -0.3 is 15.0 Å². The van der Waals surface area contributed by atoms with E-state index in [1.54, 1.807) is 4.90 Å². The van der Waals surface area contributed by atoms with Crippen molar-refractivity contribution in [1.82, 2.24) is 20.0 Å². The third-order valence-electron chi connectivity index (χ3n) is 6.96. The van der Waals surface area contributed by atoms with Gasteiger partial charge in [0.25, 0.3) is 0 Å². The molecular weight excluding hydrogens is 404 g/mol. The molecule has 1 saturated heterocycles. The second-order valence-electron chi connectivity index (χ2n) is 11.3. The normalized spacial score (nSPS) is 25.0. The highest BCUT2D eigenvalue weighted by Gasteiger charge is 2.61. The Morgan fingerprint density at radius 1 is 1.09 bits per heavy atom. The number of fused-ring (bicyclic) bond motifs is 2. The molecule has 2 heterocycles. The minimum absolute atomic E-state index is 0.0345. The summed E-state index contributed by atoms with van der Waals surface area (Å²) in [6.45, 7) is 11.8. The first kappa shape index (κ1) is 21.3. The molecule has 2 amide bonds. The molecule has 172 valence electrons. The van der Waals surface area contributed by atoms with Gasteiger partial charge in [-0.05, 0) is 71.3 Å². The number of aromatic nitrogens is 2. The second-order valence-corrected chi connectivity index (χ2v) is 11.3. The van der Waals surface area contributed by atoms with Crippen LogP contribution in [0.5, 0.6) is 0 Å². The number of benzene rings is 1. The number of carbonyl (C=O) groups is 2. The van der Waals surface area contributed by atoms with E-state index < -0.39 is 11.1 Å². The third kappa shape index (κ3) is 3.97. The lowest BCUT2D eigenvalue weighted by molar-refractivity contribution is -0.125. The number of nitrogens with one attached hydrogen (secondary N) is 1. The van der Waals surface area contributed by atoms with Crippen molar-refractivity contribution in [3.05, 3.63) is 30.0 Å². The SMILES string of the molecule is CC(C)(C)OC(=O)N1C[C@@H]2[C@H](C1)[C@H]2C(=O)NC(C)(C)c1nn(CC2CC2)c2ccccc12. The first-order valence-corrected chi connectivity index (χ1v) is 11.8. The van der Waals surface area contributed by atoms with Crippen molar-refractivity contribution < 1.29 is 14.3 Å². The van der Waals surface area contributed by atoms with Crippen LogP contribution in [0.3, 0.4) is 0 Å². The average molecular weight is 439 g/mol. The molecule has 7 heteroatoms. The summed E-state index contributed by atoms with van der Waals surface area (Å²) in [6, 6.07) is 8.29.